The van der Waals surface area contributed by atoms with Gasteiger partial charge in [0.05, 0.1) is 26.1 Å². The predicted octanol–water partition coefficient (Wildman–Crippen LogP) is 1.67. The van der Waals surface area contributed by atoms with Gasteiger partial charge in [0.25, 0.3) is 0 Å². The SMILES string of the molecule is COC(=O)CC1(C(=O)OC)CCCCC1. The lowest BCUT2D eigenvalue weighted by atomic mass is 9.72. The van der Waals surface area contributed by atoms with Crippen LogP contribution in [0.3, 0.4) is 0 Å². The third kappa shape index (κ3) is 2.70. The fourth-order valence-corrected chi connectivity index (χ4v) is 2.25. The molecular formula is C11H18O4. The molecule has 4 nitrogen and oxygen atoms in total. The van der Waals surface area contributed by atoms with Crippen LogP contribution in [0.4, 0.5) is 0 Å². The lowest BCUT2D eigenvalue weighted by Crippen LogP contribution is -2.37. The van der Waals surface area contributed by atoms with Crippen LogP contribution in [0.5, 0.6) is 0 Å². The molecular weight excluding hydrogens is 196 g/mol. The molecule has 0 spiro atoms. The Bertz CT molecular complexity index is 241. The standard InChI is InChI=1S/C11H18O4/c1-14-9(12)8-11(10(13)15-2)6-4-3-5-7-11/h3-8H2,1-2H3. The number of ether oxygens (including phenoxy) is 2. The molecule has 0 saturated heterocycles. The summed E-state index contributed by atoms with van der Waals surface area (Å²) in [6.45, 7) is 0. The second-order valence-corrected chi connectivity index (χ2v) is 4.09. The highest BCUT2D eigenvalue weighted by molar-refractivity contribution is 5.83. The average Bonchev–Trinajstić information content (AvgIpc) is 2.29. The van der Waals surface area contributed by atoms with Gasteiger partial charge < -0.3 is 9.47 Å². The molecule has 1 aliphatic carbocycles. The average molecular weight is 214 g/mol. The van der Waals surface area contributed by atoms with Crippen molar-refractivity contribution >= 4 is 11.9 Å². The molecule has 1 saturated carbocycles. The van der Waals surface area contributed by atoms with Gasteiger partial charge in [-0.1, -0.05) is 19.3 Å². The first-order chi connectivity index (χ1) is 7.14. The van der Waals surface area contributed by atoms with Gasteiger partial charge >= 0.3 is 11.9 Å². The molecule has 0 amide bonds. The quantitative estimate of drug-likeness (QED) is 0.671. The summed E-state index contributed by atoms with van der Waals surface area (Å²) in [5.74, 6) is -0.602. The molecule has 0 bridgehead atoms. The molecule has 86 valence electrons. The number of methoxy groups -OCH3 is 2. The molecule has 0 N–H and O–H groups in total. The first-order valence-corrected chi connectivity index (χ1v) is 5.30. The Balaban J connectivity index is 2.75. The lowest BCUT2D eigenvalue weighted by Gasteiger charge is -2.33. The van der Waals surface area contributed by atoms with Crippen LogP contribution in [-0.4, -0.2) is 26.2 Å². The van der Waals surface area contributed by atoms with Crippen LogP contribution in [0.25, 0.3) is 0 Å². The van der Waals surface area contributed by atoms with Crippen LogP contribution < -0.4 is 0 Å². The van der Waals surface area contributed by atoms with Gasteiger partial charge in [0, 0.05) is 0 Å². The first kappa shape index (κ1) is 12.0. The van der Waals surface area contributed by atoms with Crippen molar-refractivity contribution in [2.24, 2.45) is 5.41 Å². The van der Waals surface area contributed by atoms with Crippen LogP contribution in [0.2, 0.25) is 0 Å². The van der Waals surface area contributed by atoms with Gasteiger partial charge in [-0.05, 0) is 12.8 Å². The van der Waals surface area contributed by atoms with Crippen molar-refractivity contribution in [3.63, 3.8) is 0 Å². The molecule has 4 heteroatoms. The van der Waals surface area contributed by atoms with E-state index in [-0.39, 0.29) is 18.4 Å². The van der Waals surface area contributed by atoms with Crippen molar-refractivity contribution in [2.45, 2.75) is 38.5 Å². The van der Waals surface area contributed by atoms with E-state index in [1.807, 2.05) is 0 Å². The third-order valence-electron chi connectivity index (χ3n) is 3.14. The molecule has 0 aromatic carbocycles. The molecule has 1 rings (SSSR count). The fraction of sp³-hybridized carbons (Fsp3) is 0.818. The summed E-state index contributed by atoms with van der Waals surface area (Å²) < 4.78 is 9.42. The van der Waals surface area contributed by atoms with Crippen molar-refractivity contribution in [1.82, 2.24) is 0 Å². The van der Waals surface area contributed by atoms with Crippen molar-refractivity contribution in [2.75, 3.05) is 14.2 Å². The van der Waals surface area contributed by atoms with Crippen molar-refractivity contribution in [1.29, 1.82) is 0 Å². The van der Waals surface area contributed by atoms with E-state index >= 15 is 0 Å². The van der Waals surface area contributed by atoms with E-state index < -0.39 is 5.41 Å². The minimum atomic E-state index is -0.625. The van der Waals surface area contributed by atoms with E-state index in [4.69, 9.17) is 4.74 Å². The van der Waals surface area contributed by atoms with Crippen molar-refractivity contribution in [3.8, 4) is 0 Å². The van der Waals surface area contributed by atoms with E-state index in [0.29, 0.717) is 0 Å². The third-order valence-corrected chi connectivity index (χ3v) is 3.14. The van der Waals surface area contributed by atoms with Gasteiger partial charge in [-0.3, -0.25) is 9.59 Å². The second-order valence-electron chi connectivity index (χ2n) is 4.09. The summed E-state index contributed by atoms with van der Waals surface area (Å²) >= 11 is 0. The van der Waals surface area contributed by atoms with Crippen LogP contribution in [0.15, 0.2) is 0 Å². The Morgan fingerprint density at radius 3 is 2.13 bits per heavy atom. The highest BCUT2D eigenvalue weighted by Gasteiger charge is 2.42. The molecule has 0 aliphatic heterocycles. The van der Waals surface area contributed by atoms with Crippen LogP contribution in [0, 0.1) is 5.41 Å². The minimum Gasteiger partial charge on any atom is -0.469 e. The van der Waals surface area contributed by atoms with Gasteiger partial charge in [0.2, 0.25) is 0 Å². The fourth-order valence-electron chi connectivity index (χ4n) is 2.25. The maximum atomic E-state index is 11.7. The maximum absolute atomic E-state index is 11.7. The Labute approximate surface area is 89.9 Å². The summed E-state index contributed by atoms with van der Waals surface area (Å²) in [7, 11) is 2.71. The number of rotatable bonds is 3. The maximum Gasteiger partial charge on any atom is 0.312 e. The van der Waals surface area contributed by atoms with Crippen LogP contribution in [-0.2, 0) is 19.1 Å². The highest BCUT2D eigenvalue weighted by Crippen LogP contribution is 2.40. The van der Waals surface area contributed by atoms with Crippen LogP contribution in [0.1, 0.15) is 38.5 Å². The predicted molar refractivity (Wildman–Crippen MR) is 54.2 cm³/mol. The lowest BCUT2D eigenvalue weighted by molar-refractivity contribution is -0.161. The summed E-state index contributed by atoms with van der Waals surface area (Å²) in [5, 5.41) is 0. The zero-order valence-electron chi connectivity index (χ0n) is 9.38. The van der Waals surface area contributed by atoms with Gasteiger partial charge in [-0.25, -0.2) is 0 Å². The van der Waals surface area contributed by atoms with E-state index in [1.165, 1.54) is 14.2 Å². The molecule has 1 aliphatic rings. The Hall–Kier alpha value is -1.06. The largest absolute Gasteiger partial charge is 0.469 e. The molecule has 0 aromatic heterocycles. The molecule has 0 unspecified atom stereocenters. The number of hydrogen-bond acceptors (Lipinski definition) is 4. The van der Waals surface area contributed by atoms with E-state index in [9.17, 15) is 9.59 Å². The number of esters is 2. The normalized spacial score (nSPS) is 19.3. The van der Waals surface area contributed by atoms with E-state index in [1.54, 1.807) is 0 Å². The van der Waals surface area contributed by atoms with Crippen LogP contribution >= 0.6 is 0 Å². The molecule has 1 fully saturated rings. The van der Waals surface area contributed by atoms with Crippen molar-refractivity contribution in [3.05, 3.63) is 0 Å². The summed E-state index contributed by atoms with van der Waals surface area (Å²) in [4.78, 5) is 23.0. The Morgan fingerprint density at radius 1 is 1.07 bits per heavy atom. The number of hydrogen-bond donors (Lipinski definition) is 0. The summed E-state index contributed by atoms with van der Waals surface area (Å²) in [6, 6.07) is 0. The zero-order chi connectivity index (χ0) is 11.3. The number of carbonyl (C=O) groups excluding carboxylic acids is 2. The van der Waals surface area contributed by atoms with Gasteiger partial charge in [-0.2, -0.15) is 0 Å². The van der Waals surface area contributed by atoms with Gasteiger partial charge in [-0.15, -0.1) is 0 Å². The molecule has 0 atom stereocenters. The smallest absolute Gasteiger partial charge is 0.312 e. The Morgan fingerprint density at radius 2 is 1.67 bits per heavy atom. The monoisotopic (exact) mass is 214 g/mol. The Kier molecular flexibility index (Phi) is 4.12. The summed E-state index contributed by atoms with van der Waals surface area (Å²) in [5.41, 5.74) is -0.625. The topological polar surface area (TPSA) is 52.6 Å². The molecule has 15 heavy (non-hydrogen) atoms. The second kappa shape index (κ2) is 5.14. The number of carbonyl (C=O) groups is 2. The van der Waals surface area contributed by atoms with Gasteiger partial charge in [0.1, 0.15) is 0 Å². The summed E-state index contributed by atoms with van der Waals surface area (Å²) in [6.07, 6.45) is 4.69. The minimum absolute atomic E-state index is 0.149. The van der Waals surface area contributed by atoms with Crippen molar-refractivity contribution < 1.29 is 19.1 Å². The zero-order valence-corrected chi connectivity index (χ0v) is 9.38. The first-order valence-electron chi connectivity index (χ1n) is 5.30. The molecule has 0 heterocycles. The molecule has 0 radical (unpaired) electrons. The van der Waals surface area contributed by atoms with Gasteiger partial charge in [0.15, 0.2) is 0 Å². The molecule has 0 aromatic rings. The van der Waals surface area contributed by atoms with E-state index in [0.717, 1.165) is 32.1 Å². The highest BCUT2D eigenvalue weighted by atomic mass is 16.5. The van der Waals surface area contributed by atoms with E-state index in [2.05, 4.69) is 4.74 Å².